The van der Waals surface area contributed by atoms with Crippen LogP contribution in [0.15, 0.2) is 12.2 Å². The Morgan fingerprint density at radius 2 is 2.00 bits per heavy atom. The van der Waals surface area contributed by atoms with Crippen molar-refractivity contribution < 1.29 is 9.53 Å². The van der Waals surface area contributed by atoms with Crippen LogP contribution in [0, 0.1) is 0 Å². The zero-order valence-electron chi connectivity index (χ0n) is 8.71. The first-order valence-corrected chi connectivity index (χ1v) is 5.03. The number of carbonyl (C=O) groups excluding carboxylic acids is 1. The zero-order valence-corrected chi connectivity index (χ0v) is 8.71. The third-order valence-corrected chi connectivity index (χ3v) is 1.88. The second kappa shape index (κ2) is 9.30. The largest absolute Gasteiger partial charge is 0.469 e. The number of hydrogen-bond acceptors (Lipinski definition) is 2. The lowest BCUT2D eigenvalue weighted by Gasteiger charge is -1.97. The summed E-state index contributed by atoms with van der Waals surface area (Å²) < 4.78 is 4.54. The Hall–Kier alpha value is -0.790. The summed E-state index contributed by atoms with van der Waals surface area (Å²) in [7, 11) is 1.44. The van der Waals surface area contributed by atoms with Crippen LogP contribution < -0.4 is 0 Å². The number of esters is 1. The standard InChI is InChI=1S/C11H20O2/c1-3-4-5-6-7-8-9-10-11(12)13-2/h4-5H,3,6-10H2,1-2H3/b5-4-. The predicted molar refractivity (Wildman–Crippen MR) is 54.5 cm³/mol. The van der Waals surface area contributed by atoms with E-state index in [1.165, 1.54) is 13.5 Å². The molecule has 0 amide bonds. The first-order chi connectivity index (χ1) is 6.31. The molecule has 0 aliphatic heterocycles. The fourth-order valence-corrected chi connectivity index (χ4v) is 1.09. The maximum atomic E-state index is 10.7. The van der Waals surface area contributed by atoms with E-state index in [4.69, 9.17) is 0 Å². The molecule has 0 saturated heterocycles. The van der Waals surface area contributed by atoms with Crippen molar-refractivity contribution in [2.75, 3.05) is 7.11 Å². The molecule has 0 aliphatic rings. The van der Waals surface area contributed by atoms with E-state index in [1.54, 1.807) is 0 Å². The van der Waals surface area contributed by atoms with Gasteiger partial charge in [-0.25, -0.2) is 0 Å². The smallest absolute Gasteiger partial charge is 0.305 e. The highest BCUT2D eigenvalue weighted by Gasteiger charge is 1.97. The molecule has 0 bridgehead atoms. The number of hydrogen-bond donors (Lipinski definition) is 0. The minimum absolute atomic E-state index is 0.0934. The number of ether oxygens (including phenoxy) is 1. The highest BCUT2D eigenvalue weighted by atomic mass is 16.5. The lowest BCUT2D eigenvalue weighted by Crippen LogP contribution is -1.98. The van der Waals surface area contributed by atoms with Crippen LogP contribution in [-0.4, -0.2) is 13.1 Å². The van der Waals surface area contributed by atoms with Crippen molar-refractivity contribution in [1.29, 1.82) is 0 Å². The van der Waals surface area contributed by atoms with Crippen LogP contribution in [0.5, 0.6) is 0 Å². The van der Waals surface area contributed by atoms with Gasteiger partial charge in [-0.3, -0.25) is 4.79 Å². The van der Waals surface area contributed by atoms with E-state index in [0.29, 0.717) is 6.42 Å². The SMILES string of the molecule is CC/C=C\CCCCCC(=O)OC. The van der Waals surface area contributed by atoms with E-state index in [9.17, 15) is 4.79 Å². The molecule has 0 saturated carbocycles. The van der Waals surface area contributed by atoms with Crippen LogP contribution in [0.2, 0.25) is 0 Å². The van der Waals surface area contributed by atoms with Crippen molar-refractivity contribution in [3.8, 4) is 0 Å². The van der Waals surface area contributed by atoms with E-state index in [-0.39, 0.29) is 5.97 Å². The Morgan fingerprint density at radius 1 is 1.23 bits per heavy atom. The molecule has 2 heteroatoms. The minimum atomic E-state index is -0.0934. The van der Waals surface area contributed by atoms with Gasteiger partial charge in [0.1, 0.15) is 0 Å². The van der Waals surface area contributed by atoms with Gasteiger partial charge in [-0.05, 0) is 25.7 Å². The van der Waals surface area contributed by atoms with Gasteiger partial charge in [-0.2, -0.15) is 0 Å². The van der Waals surface area contributed by atoms with Crippen LogP contribution in [0.25, 0.3) is 0 Å². The summed E-state index contributed by atoms with van der Waals surface area (Å²) in [6, 6.07) is 0. The Kier molecular flexibility index (Phi) is 8.73. The van der Waals surface area contributed by atoms with Gasteiger partial charge < -0.3 is 4.74 Å². The molecule has 0 rings (SSSR count). The van der Waals surface area contributed by atoms with Crippen LogP contribution in [-0.2, 0) is 9.53 Å². The first-order valence-electron chi connectivity index (χ1n) is 5.03. The van der Waals surface area contributed by atoms with E-state index in [0.717, 1.165) is 25.7 Å². The molecule has 0 spiro atoms. The normalized spacial score (nSPS) is 10.6. The number of allylic oxidation sites excluding steroid dienone is 2. The van der Waals surface area contributed by atoms with Gasteiger partial charge >= 0.3 is 5.97 Å². The quantitative estimate of drug-likeness (QED) is 0.345. The summed E-state index contributed by atoms with van der Waals surface area (Å²) in [5, 5.41) is 0. The Bertz CT molecular complexity index is 150. The predicted octanol–water partition coefficient (Wildman–Crippen LogP) is 3.08. The fraction of sp³-hybridized carbons (Fsp3) is 0.727. The molecule has 0 unspecified atom stereocenters. The average Bonchev–Trinajstić information content (AvgIpc) is 2.16. The highest BCUT2D eigenvalue weighted by Crippen LogP contribution is 2.04. The third kappa shape index (κ3) is 9.12. The number of unbranched alkanes of at least 4 members (excludes halogenated alkanes) is 3. The van der Waals surface area contributed by atoms with Gasteiger partial charge in [0.2, 0.25) is 0 Å². The summed E-state index contributed by atoms with van der Waals surface area (Å²) in [6.45, 7) is 2.13. The fourth-order valence-electron chi connectivity index (χ4n) is 1.09. The van der Waals surface area contributed by atoms with Crippen molar-refractivity contribution in [3.05, 3.63) is 12.2 Å². The molecule has 0 atom stereocenters. The molecule has 0 fully saturated rings. The Morgan fingerprint density at radius 3 is 2.62 bits per heavy atom. The van der Waals surface area contributed by atoms with Crippen molar-refractivity contribution in [2.45, 2.75) is 45.4 Å². The Balaban J connectivity index is 3.08. The molecule has 0 heterocycles. The number of rotatable bonds is 7. The lowest BCUT2D eigenvalue weighted by molar-refractivity contribution is -0.140. The van der Waals surface area contributed by atoms with Crippen LogP contribution in [0.4, 0.5) is 0 Å². The molecule has 0 radical (unpaired) electrons. The van der Waals surface area contributed by atoms with Crippen molar-refractivity contribution >= 4 is 5.97 Å². The summed E-state index contributed by atoms with van der Waals surface area (Å²) in [6.07, 6.45) is 10.4. The maximum Gasteiger partial charge on any atom is 0.305 e. The Labute approximate surface area is 81.0 Å². The third-order valence-electron chi connectivity index (χ3n) is 1.88. The van der Waals surface area contributed by atoms with Crippen LogP contribution in [0.1, 0.15) is 45.4 Å². The molecule has 2 nitrogen and oxygen atoms in total. The second-order valence-electron chi connectivity index (χ2n) is 3.06. The summed E-state index contributed by atoms with van der Waals surface area (Å²) in [4.78, 5) is 10.7. The highest BCUT2D eigenvalue weighted by molar-refractivity contribution is 5.68. The monoisotopic (exact) mass is 184 g/mol. The van der Waals surface area contributed by atoms with Gasteiger partial charge in [-0.15, -0.1) is 0 Å². The van der Waals surface area contributed by atoms with Crippen LogP contribution in [0.3, 0.4) is 0 Å². The first kappa shape index (κ1) is 12.2. The van der Waals surface area contributed by atoms with E-state index < -0.39 is 0 Å². The number of methoxy groups -OCH3 is 1. The van der Waals surface area contributed by atoms with Gasteiger partial charge in [0.15, 0.2) is 0 Å². The zero-order chi connectivity index (χ0) is 9.94. The maximum absolute atomic E-state index is 10.7. The molecule has 13 heavy (non-hydrogen) atoms. The molecule has 76 valence electrons. The molecule has 0 N–H and O–H groups in total. The van der Waals surface area contributed by atoms with Gasteiger partial charge in [-0.1, -0.05) is 25.5 Å². The molecule has 0 aromatic rings. The average molecular weight is 184 g/mol. The van der Waals surface area contributed by atoms with E-state index >= 15 is 0 Å². The second-order valence-corrected chi connectivity index (χ2v) is 3.06. The molecule has 0 aliphatic carbocycles. The lowest BCUT2D eigenvalue weighted by atomic mass is 10.1. The van der Waals surface area contributed by atoms with Gasteiger partial charge in [0, 0.05) is 6.42 Å². The molecule has 0 aromatic heterocycles. The molecular formula is C11H20O2. The van der Waals surface area contributed by atoms with E-state index in [2.05, 4.69) is 23.8 Å². The molecular weight excluding hydrogens is 164 g/mol. The van der Waals surface area contributed by atoms with E-state index in [1.807, 2.05) is 0 Å². The van der Waals surface area contributed by atoms with Gasteiger partial charge in [0.05, 0.1) is 7.11 Å². The molecule has 0 aromatic carbocycles. The number of carbonyl (C=O) groups is 1. The topological polar surface area (TPSA) is 26.3 Å². The van der Waals surface area contributed by atoms with Gasteiger partial charge in [0.25, 0.3) is 0 Å². The van der Waals surface area contributed by atoms with Crippen molar-refractivity contribution in [3.63, 3.8) is 0 Å². The van der Waals surface area contributed by atoms with Crippen molar-refractivity contribution in [2.24, 2.45) is 0 Å². The summed E-state index contributed by atoms with van der Waals surface area (Å²) >= 11 is 0. The van der Waals surface area contributed by atoms with Crippen molar-refractivity contribution in [1.82, 2.24) is 0 Å². The minimum Gasteiger partial charge on any atom is -0.469 e. The van der Waals surface area contributed by atoms with Crippen LogP contribution >= 0.6 is 0 Å². The summed E-state index contributed by atoms with van der Waals surface area (Å²) in [5.74, 6) is -0.0934. The summed E-state index contributed by atoms with van der Waals surface area (Å²) in [5.41, 5.74) is 0.